The molecule has 0 saturated carbocycles. The highest BCUT2D eigenvalue weighted by atomic mass is 79.9. The van der Waals surface area contributed by atoms with Crippen LogP contribution in [0.15, 0.2) is 45.5 Å². The number of carbonyl (C=O) groups excluding carboxylic acids is 1. The number of benzene rings is 1. The molecule has 0 atom stereocenters. The highest BCUT2D eigenvalue weighted by Gasteiger charge is 2.10. The van der Waals surface area contributed by atoms with Gasteiger partial charge >= 0.3 is 0 Å². The molecule has 0 aliphatic heterocycles. The molecule has 0 aliphatic carbocycles. The van der Waals surface area contributed by atoms with Crippen LogP contribution in [0.25, 0.3) is 0 Å². The maximum Gasteiger partial charge on any atom is 0.274 e. The van der Waals surface area contributed by atoms with Crippen LogP contribution in [0.5, 0.6) is 0 Å². The first-order valence-electron chi connectivity index (χ1n) is 5.23. The van der Waals surface area contributed by atoms with Crippen LogP contribution in [0, 0.1) is 11.3 Å². The molecule has 6 heteroatoms. The van der Waals surface area contributed by atoms with Crippen LogP contribution >= 0.6 is 31.9 Å². The summed E-state index contributed by atoms with van der Waals surface area (Å²) in [6.45, 7) is 0. The second-order valence-electron chi connectivity index (χ2n) is 3.61. The van der Waals surface area contributed by atoms with Crippen molar-refractivity contribution in [3.63, 3.8) is 0 Å². The lowest BCUT2D eigenvalue weighted by Crippen LogP contribution is -2.14. The summed E-state index contributed by atoms with van der Waals surface area (Å²) in [5, 5.41) is 11.5. The van der Waals surface area contributed by atoms with Crippen LogP contribution in [-0.2, 0) is 0 Å². The Bertz CT molecular complexity index is 680. The molecule has 0 unspecified atom stereocenters. The van der Waals surface area contributed by atoms with Crippen molar-refractivity contribution < 1.29 is 4.79 Å². The van der Waals surface area contributed by atoms with E-state index >= 15 is 0 Å². The fourth-order valence-electron chi connectivity index (χ4n) is 1.41. The van der Waals surface area contributed by atoms with E-state index in [0.717, 1.165) is 0 Å². The molecule has 19 heavy (non-hydrogen) atoms. The second kappa shape index (κ2) is 5.95. The third-order valence-electron chi connectivity index (χ3n) is 2.29. The van der Waals surface area contributed by atoms with Crippen LogP contribution in [0.1, 0.15) is 16.1 Å². The van der Waals surface area contributed by atoms with Crippen molar-refractivity contribution in [1.29, 1.82) is 5.26 Å². The highest BCUT2D eigenvalue weighted by molar-refractivity contribution is 9.10. The molecule has 1 amide bonds. The standard InChI is InChI=1S/C13H7Br2N3O/c14-9-6-8(7-16)4-5-10(9)18-13(19)11-2-1-3-12(15)17-11/h1-6H,(H,18,19). The number of hydrogen-bond acceptors (Lipinski definition) is 3. The van der Waals surface area contributed by atoms with Gasteiger partial charge in [-0.25, -0.2) is 4.98 Å². The number of nitrogens with zero attached hydrogens (tertiary/aromatic N) is 2. The van der Waals surface area contributed by atoms with Crippen molar-refractivity contribution in [3.8, 4) is 6.07 Å². The lowest BCUT2D eigenvalue weighted by atomic mass is 10.2. The van der Waals surface area contributed by atoms with Gasteiger partial charge in [0, 0.05) is 4.47 Å². The first kappa shape index (κ1) is 13.7. The van der Waals surface area contributed by atoms with E-state index in [9.17, 15) is 4.79 Å². The number of aromatic nitrogens is 1. The van der Waals surface area contributed by atoms with Gasteiger partial charge in [-0.05, 0) is 62.2 Å². The Hall–Kier alpha value is -1.71. The lowest BCUT2D eigenvalue weighted by molar-refractivity contribution is 0.102. The number of nitrogens with one attached hydrogen (secondary N) is 1. The SMILES string of the molecule is N#Cc1ccc(NC(=O)c2cccc(Br)n2)c(Br)c1. The summed E-state index contributed by atoms with van der Waals surface area (Å²) >= 11 is 6.52. The molecule has 4 nitrogen and oxygen atoms in total. The summed E-state index contributed by atoms with van der Waals surface area (Å²) in [5.41, 5.74) is 1.42. The predicted molar refractivity (Wildman–Crippen MR) is 78.7 cm³/mol. The van der Waals surface area contributed by atoms with Gasteiger partial charge in [-0.15, -0.1) is 0 Å². The number of amides is 1. The number of halogens is 2. The molecule has 0 spiro atoms. The fourth-order valence-corrected chi connectivity index (χ4v) is 2.23. The van der Waals surface area contributed by atoms with E-state index in [1.807, 2.05) is 6.07 Å². The molecule has 0 radical (unpaired) electrons. The molecule has 0 aliphatic rings. The molecule has 2 rings (SSSR count). The molecule has 1 N–H and O–H groups in total. The number of pyridine rings is 1. The van der Waals surface area contributed by atoms with Crippen molar-refractivity contribution in [2.45, 2.75) is 0 Å². The minimum atomic E-state index is -0.313. The van der Waals surface area contributed by atoms with Crippen LogP contribution in [0.3, 0.4) is 0 Å². The van der Waals surface area contributed by atoms with Crippen LogP contribution < -0.4 is 5.32 Å². The van der Waals surface area contributed by atoms with Crippen molar-refractivity contribution in [2.24, 2.45) is 0 Å². The topological polar surface area (TPSA) is 65.8 Å². The molecule has 0 fully saturated rings. The maximum absolute atomic E-state index is 12.0. The average molecular weight is 381 g/mol. The van der Waals surface area contributed by atoms with Gasteiger partial charge in [-0.3, -0.25) is 4.79 Å². The average Bonchev–Trinajstić information content (AvgIpc) is 2.41. The zero-order valence-electron chi connectivity index (χ0n) is 9.52. The number of rotatable bonds is 2. The first-order chi connectivity index (χ1) is 9.10. The van der Waals surface area contributed by atoms with Crippen molar-refractivity contribution in [2.75, 3.05) is 5.32 Å². The molecule has 1 aromatic carbocycles. The molecule has 94 valence electrons. The van der Waals surface area contributed by atoms with Gasteiger partial charge in [-0.2, -0.15) is 5.26 Å². The molecular formula is C13H7Br2N3O. The van der Waals surface area contributed by atoms with E-state index < -0.39 is 0 Å². The second-order valence-corrected chi connectivity index (χ2v) is 5.27. The van der Waals surface area contributed by atoms with Crippen molar-refractivity contribution in [3.05, 3.63) is 56.7 Å². The summed E-state index contributed by atoms with van der Waals surface area (Å²) in [7, 11) is 0. The Labute approximate surface area is 126 Å². The molecule has 1 heterocycles. The Morgan fingerprint density at radius 3 is 2.68 bits per heavy atom. The van der Waals surface area contributed by atoms with Gasteiger partial charge in [-0.1, -0.05) is 6.07 Å². The predicted octanol–water partition coefficient (Wildman–Crippen LogP) is 3.73. The van der Waals surface area contributed by atoms with Gasteiger partial charge in [0.25, 0.3) is 5.91 Å². The molecule has 0 saturated heterocycles. The molecule has 2 aromatic rings. The lowest BCUT2D eigenvalue weighted by Gasteiger charge is -2.07. The number of anilines is 1. The minimum Gasteiger partial charge on any atom is -0.320 e. The normalized spacial score (nSPS) is 9.74. The molecule has 0 bridgehead atoms. The summed E-state index contributed by atoms with van der Waals surface area (Å²) in [6.07, 6.45) is 0. The van der Waals surface area contributed by atoms with E-state index in [2.05, 4.69) is 42.2 Å². The minimum absolute atomic E-state index is 0.311. The van der Waals surface area contributed by atoms with Gasteiger partial charge in [0.05, 0.1) is 17.3 Å². The van der Waals surface area contributed by atoms with E-state index in [1.165, 1.54) is 0 Å². The summed E-state index contributed by atoms with van der Waals surface area (Å²) in [4.78, 5) is 16.1. The Kier molecular flexibility index (Phi) is 4.30. The Balaban J connectivity index is 2.22. The van der Waals surface area contributed by atoms with Gasteiger partial charge < -0.3 is 5.32 Å². The van der Waals surface area contributed by atoms with Crippen LogP contribution in [-0.4, -0.2) is 10.9 Å². The quantitative estimate of drug-likeness (QED) is 0.807. The van der Waals surface area contributed by atoms with Gasteiger partial charge in [0.15, 0.2) is 0 Å². The zero-order chi connectivity index (χ0) is 13.8. The number of nitriles is 1. The third-order valence-corrected chi connectivity index (χ3v) is 3.39. The molecular weight excluding hydrogens is 374 g/mol. The maximum atomic E-state index is 12.0. The largest absolute Gasteiger partial charge is 0.320 e. The summed E-state index contributed by atoms with van der Waals surface area (Å²) in [5.74, 6) is -0.313. The van der Waals surface area contributed by atoms with E-state index in [0.29, 0.717) is 26.0 Å². The fraction of sp³-hybridized carbons (Fsp3) is 0. The van der Waals surface area contributed by atoms with Gasteiger partial charge in [0.2, 0.25) is 0 Å². The number of hydrogen-bond donors (Lipinski definition) is 1. The number of carbonyl (C=O) groups is 1. The van der Waals surface area contributed by atoms with Gasteiger partial charge in [0.1, 0.15) is 10.3 Å². The van der Waals surface area contributed by atoms with Crippen molar-refractivity contribution >= 4 is 43.5 Å². The Morgan fingerprint density at radius 1 is 1.26 bits per heavy atom. The van der Waals surface area contributed by atoms with E-state index in [4.69, 9.17) is 5.26 Å². The van der Waals surface area contributed by atoms with E-state index in [-0.39, 0.29) is 5.91 Å². The van der Waals surface area contributed by atoms with Crippen LogP contribution in [0.4, 0.5) is 5.69 Å². The first-order valence-corrected chi connectivity index (χ1v) is 6.82. The zero-order valence-corrected chi connectivity index (χ0v) is 12.7. The van der Waals surface area contributed by atoms with E-state index in [1.54, 1.807) is 36.4 Å². The van der Waals surface area contributed by atoms with Crippen molar-refractivity contribution in [1.82, 2.24) is 4.98 Å². The smallest absolute Gasteiger partial charge is 0.274 e. The monoisotopic (exact) mass is 379 g/mol. The molecule has 1 aromatic heterocycles. The highest BCUT2D eigenvalue weighted by Crippen LogP contribution is 2.24. The van der Waals surface area contributed by atoms with Crippen LogP contribution in [0.2, 0.25) is 0 Å². The third kappa shape index (κ3) is 3.40. The summed E-state index contributed by atoms with van der Waals surface area (Å²) in [6, 6.07) is 12.1. The Morgan fingerprint density at radius 2 is 2.05 bits per heavy atom. The summed E-state index contributed by atoms with van der Waals surface area (Å²) < 4.78 is 1.24.